The Morgan fingerprint density at radius 3 is 2.29 bits per heavy atom. The molecule has 0 atom stereocenters. The number of para-hydroxylation sites is 1. The van der Waals surface area contributed by atoms with Crippen molar-refractivity contribution < 1.29 is 14.3 Å². The van der Waals surface area contributed by atoms with Crippen molar-refractivity contribution in [3.05, 3.63) is 102 Å². The van der Waals surface area contributed by atoms with Crippen molar-refractivity contribution in [2.45, 2.75) is 6.42 Å². The van der Waals surface area contributed by atoms with Crippen LogP contribution in [0.4, 0.5) is 5.69 Å². The molecule has 3 aromatic rings. The van der Waals surface area contributed by atoms with E-state index in [0.29, 0.717) is 35.7 Å². The average molecular weight is 412 g/mol. The van der Waals surface area contributed by atoms with Gasteiger partial charge in [0.25, 0.3) is 11.8 Å². The van der Waals surface area contributed by atoms with E-state index in [1.807, 2.05) is 35.2 Å². The smallest absolute Gasteiger partial charge is 0.256 e. The van der Waals surface area contributed by atoms with Gasteiger partial charge in [0.2, 0.25) is 0 Å². The number of nitrogens with one attached hydrogen (secondary N) is 1. The second kappa shape index (κ2) is 9.30. The van der Waals surface area contributed by atoms with Crippen LogP contribution in [-0.2, 0) is 0 Å². The summed E-state index contributed by atoms with van der Waals surface area (Å²) in [6.45, 7) is 1.18. The molecule has 3 aromatic carbocycles. The van der Waals surface area contributed by atoms with E-state index in [0.717, 1.165) is 6.42 Å². The summed E-state index contributed by atoms with van der Waals surface area (Å²) in [5.74, 6) is 0.321. The van der Waals surface area contributed by atoms with E-state index in [-0.39, 0.29) is 11.8 Å². The standard InChI is InChI=1S/C26H24N2O3/c1-31-22-13-11-21(12-14-22)25(29)27-24-10-6-5-9-23(24)26(30)28-17-15-20(16-18-28)19-7-3-2-4-8-19/h2-15H,16-18H2,1H3,(H,27,29). The van der Waals surface area contributed by atoms with Crippen molar-refractivity contribution in [2.24, 2.45) is 0 Å². The molecule has 156 valence electrons. The molecule has 31 heavy (non-hydrogen) atoms. The SMILES string of the molecule is COc1ccc(C(=O)Nc2ccccc2C(=O)N2CC=C(c3ccccc3)CC2)cc1. The first-order valence-electron chi connectivity index (χ1n) is 10.2. The number of rotatable bonds is 5. The summed E-state index contributed by atoms with van der Waals surface area (Å²) in [7, 11) is 1.58. The van der Waals surface area contributed by atoms with Gasteiger partial charge in [0.1, 0.15) is 5.75 Å². The molecule has 2 amide bonds. The van der Waals surface area contributed by atoms with E-state index in [1.165, 1.54) is 11.1 Å². The summed E-state index contributed by atoms with van der Waals surface area (Å²) in [6.07, 6.45) is 2.91. The Morgan fingerprint density at radius 1 is 0.903 bits per heavy atom. The molecule has 0 fully saturated rings. The number of nitrogens with zero attached hydrogens (tertiary/aromatic N) is 1. The van der Waals surface area contributed by atoms with Crippen LogP contribution in [0.1, 0.15) is 32.7 Å². The lowest BCUT2D eigenvalue weighted by atomic mass is 9.99. The largest absolute Gasteiger partial charge is 0.497 e. The number of amides is 2. The van der Waals surface area contributed by atoms with Crippen LogP contribution in [0.25, 0.3) is 5.57 Å². The van der Waals surface area contributed by atoms with Gasteiger partial charge in [0, 0.05) is 18.7 Å². The molecule has 1 aliphatic rings. The van der Waals surface area contributed by atoms with Gasteiger partial charge in [-0.1, -0.05) is 48.5 Å². The van der Waals surface area contributed by atoms with Gasteiger partial charge in [0.05, 0.1) is 18.4 Å². The summed E-state index contributed by atoms with van der Waals surface area (Å²) in [5.41, 5.74) is 3.94. The van der Waals surface area contributed by atoms with E-state index in [9.17, 15) is 9.59 Å². The molecule has 0 aromatic heterocycles. The van der Waals surface area contributed by atoms with Crippen molar-refractivity contribution in [1.82, 2.24) is 4.90 Å². The van der Waals surface area contributed by atoms with Crippen molar-refractivity contribution in [3.63, 3.8) is 0 Å². The van der Waals surface area contributed by atoms with Crippen LogP contribution in [0.2, 0.25) is 0 Å². The fourth-order valence-corrected chi connectivity index (χ4v) is 3.65. The molecular formula is C26H24N2O3. The molecule has 1 N–H and O–H groups in total. The van der Waals surface area contributed by atoms with Gasteiger partial charge in [-0.15, -0.1) is 0 Å². The lowest BCUT2D eigenvalue weighted by molar-refractivity contribution is 0.0774. The molecule has 5 heteroatoms. The Balaban J connectivity index is 1.48. The molecule has 1 aliphatic heterocycles. The topological polar surface area (TPSA) is 58.6 Å². The van der Waals surface area contributed by atoms with Gasteiger partial charge in [-0.3, -0.25) is 9.59 Å². The first kappa shape index (κ1) is 20.4. The zero-order chi connectivity index (χ0) is 21.6. The van der Waals surface area contributed by atoms with Crippen LogP contribution in [0, 0.1) is 0 Å². The van der Waals surface area contributed by atoms with Gasteiger partial charge < -0.3 is 15.0 Å². The van der Waals surface area contributed by atoms with Gasteiger partial charge in [0.15, 0.2) is 0 Å². The maximum atomic E-state index is 13.2. The van der Waals surface area contributed by atoms with Crippen LogP contribution in [-0.4, -0.2) is 36.9 Å². The molecule has 4 rings (SSSR count). The quantitative estimate of drug-likeness (QED) is 0.650. The number of methoxy groups -OCH3 is 1. The van der Waals surface area contributed by atoms with E-state index in [1.54, 1.807) is 43.5 Å². The molecule has 0 saturated carbocycles. The molecule has 0 unspecified atom stereocenters. The van der Waals surface area contributed by atoms with Crippen molar-refractivity contribution >= 4 is 23.1 Å². The van der Waals surface area contributed by atoms with E-state index in [4.69, 9.17) is 4.74 Å². The molecule has 0 aliphatic carbocycles. The predicted molar refractivity (Wildman–Crippen MR) is 122 cm³/mol. The van der Waals surface area contributed by atoms with E-state index in [2.05, 4.69) is 23.5 Å². The Hall–Kier alpha value is -3.86. The van der Waals surface area contributed by atoms with E-state index < -0.39 is 0 Å². The fraction of sp³-hybridized carbons (Fsp3) is 0.154. The van der Waals surface area contributed by atoms with Gasteiger partial charge in [-0.25, -0.2) is 0 Å². The third-order valence-electron chi connectivity index (χ3n) is 5.40. The van der Waals surface area contributed by atoms with Crippen LogP contribution in [0.5, 0.6) is 5.75 Å². The number of ether oxygens (including phenoxy) is 1. The van der Waals surface area contributed by atoms with Gasteiger partial charge in [-0.05, 0) is 54.0 Å². The normalized spacial score (nSPS) is 13.3. The number of benzene rings is 3. The van der Waals surface area contributed by atoms with Crippen LogP contribution >= 0.6 is 0 Å². The zero-order valence-electron chi connectivity index (χ0n) is 17.4. The molecular weight excluding hydrogens is 388 g/mol. The van der Waals surface area contributed by atoms with E-state index >= 15 is 0 Å². The Morgan fingerprint density at radius 2 is 1.61 bits per heavy atom. The molecule has 0 radical (unpaired) electrons. The maximum Gasteiger partial charge on any atom is 0.256 e. The monoisotopic (exact) mass is 412 g/mol. The number of carbonyl (C=O) groups excluding carboxylic acids is 2. The highest BCUT2D eigenvalue weighted by Gasteiger charge is 2.22. The minimum atomic E-state index is -0.271. The third-order valence-corrected chi connectivity index (χ3v) is 5.40. The van der Waals surface area contributed by atoms with Gasteiger partial charge >= 0.3 is 0 Å². The number of hydrogen-bond acceptors (Lipinski definition) is 3. The first-order chi connectivity index (χ1) is 15.2. The van der Waals surface area contributed by atoms with Crippen molar-refractivity contribution in [2.75, 3.05) is 25.5 Å². The Labute approximate surface area is 182 Å². The second-order valence-electron chi connectivity index (χ2n) is 7.32. The Kier molecular flexibility index (Phi) is 6.13. The third kappa shape index (κ3) is 4.67. The molecule has 0 saturated heterocycles. The summed E-state index contributed by atoms with van der Waals surface area (Å²) in [5, 5.41) is 2.88. The molecule has 1 heterocycles. The fourth-order valence-electron chi connectivity index (χ4n) is 3.65. The van der Waals surface area contributed by atoms with Crippen LogP contribution in [0.3, 0.4) is 0 Å². The summed E-state index contributed by atoms with van der Waals surface area (Å²) in [6, 6.07) is 24.2. The van der Waals surface area contributed by atoms with Gasteiger partial charge in [-0.2, -0.15) is 0 Å². The highest BCUT2D eigenvalue weighted by Crippen LogP contribution is 2.25. The predicted octanol–water partition coefficient (Wildman–Crippen LogP) is 4.88. The zero-order valence-corrected chi connectivity index (χ0v) is 17.4. The minimum absolute atomic E-state index is 0.0889. The number of carbonyl (C=O) groups is 2. The summed E-state index contributed by atoms with van der Waals surface area (Å²) < 4.78 is 5.13. The number of anilines is 1. The van der Waals surface area contributed by atoms with Crippen LogP contribution in [0.15, 0.2) is 84.9 Å². The minimum Gasteiger partial charge on any atom is -0.497 e. The lowest BCUT2D eigenvalue weighted by Crippen LogP contribution is -2.35. The molecule has 5 nitrogen and oxygen atoms in total. The highest BCUT2D eigenvalue weighted by atomic mass is 16.5. The summed E-state index contributed by atoms with van der Waals surface area (Å²) in [4.78, 5) is 27.7. The van der Waals surface area contributed by atoms with Crippen molar-refractivity contribution in [3.8, 4) is 5.75 Å². The lowest BCUT2D eigenvalue weighted by Gasteiger charge is -2.27. The maximum absolute atomic E-state index is 13.2. The Bertz CT molecular complexity index is 1110. The molecule has 0 spiro atoms. The number of hydrogen-bond donors (Lipinski definition) is 1. The summed E-state index contributed by atoms with van der Waals surface area (Å²) >= 11 is 0. The highest BCUT2D eigenvalue weighted by molar-refractivity contribution is 6.09. The molecule has 0 bridgehead atoms. The average Bonchev–Trinajstić information content (AvgIpc) is 2.84. The van der Waals surface area contributed by atoms with Crippen LogP contribution < -0.4 is 10.1 Å². The first-order valence-corrected chi connectivity index (χ1v) is 10.2. The van der Waals surface area contributed by atoms with Crippen molar-refractivity contribution in [1.29, 1.82) is 0 Å². The second-order valence-corrected chi connectivity index (χ2v) is 7.32.